The van der Waals surface area contributed by atoms with Gasteiger partial charge in [0.1, 0.15) is 0 Å². The summed E-state index contributed by atoms with van der Waals surface area (Å²) in [4.78, 5) is 14.4. The predicted octanol–water partition coefficient (Wildman–Crippen LogP) is 1.24. The SMILES string of the molecule is CCN(C[C@@H]1CCCO1)C(=O)c1ccc(S(=O)(=O)NC)cc1. The Labute approximate surface area is 131 Å². The largest absolute Gasteiger partial charge is 0.376 e. The highest BCUT2D eigenvalue weighted by molar-refractivity contribution is 7.89. The zero-order valence-corrected chi connectivity index (χ0v) is 13.7. The van der Waals surface area contributed by atoms with Crippen molar-refractivity contribution >= 4 is 15.9 Å². The van der Waals surface area contributed by atoms with Gasteiger partial charge < -0.3 is 9.64 Å². The van der Waals surface area contributed by atoms with Crippen LogP contribution in [-0.4, -0.2) is 52.1 Å². The number of sulfonamides is 1. The summed E-state index contributed by atoms with van der Waals surface area (Å²) in [6.45, 7) is 3.85. The van der Waals surface area contributed by atoms with Gasteiger partial charge in [0.05, 0.1) is 11.0 Å². The number of ether oxygens (including phenoxy) is 1. The number of nitrogens with one attached hydrogen (secondary N) is 1. The predicted molar refractivity (Wildman–Crippen MR) is 83.2 cm³/mol. The number of nitrogens with zero attached hydrogens (tertiary/aromatic N) is 1. The Morgan fingerprint density at radius 1 is 1.36 bits per heavy atom. The molecule has 0 aliphatic carbocycles. The van der Waals surface area contributed by atoms with Crippen molar-refractivity contribution in [2.24, 2.45) is 0 Å². The number of carbonyl (C=O) groups is 1. The zero-order valence-electron chi connectivity index (χ0n) is 12.9. The van der Waals surface area contributed by atoms with E-state index >= 15 is 0 Å². The Hall–Kier alpha value is -1.44. The fourth-order valence-electron chi connectivity index (χ4n) is 2.47. The highest BCUT2D eigenvalue weighted by Gasteiger charge is 2.22. The van der Waals surface area contributed by atoms with E-state index in [0.717, 1.165) is 19.4 Å². The molecule has 0 radical (unpaired) electrons. The smallest absolute Gasteiger partial charge is 0.253 e. The Morgan fingerprint density at radius 3 is 2.55 bits per heavy atom. The molecule has 7 heteroatoms. The Bertz CT molecular complexity index is 607. The van der Waals surface area contributed by atoms with Crippen LogP contribution < -0.4 is 4.72 Å². The first-order chi connectivity index (χ1) is 10.5. The summed E-state index contributed by atoms with van der Waals surface area (Å²) in [7, 11) is -2.12. The quantitative estimate of drug-likeness (QED) is 0.853. The molecule has 6 nitrogen and oxygen atoms in total. The normalized spacial score (nSPS) is 18.4. The summed E-state index contributed by atoms with van der Waals surface area (Å²) in [6.07, 6.45) is 2.11. The maximum atomic E-state index is 12.5. The fraction of sp³-hybridized carbons (Fsp3) is 0.533. The maximum absolute atomic E-state index is 12.5. The van der Waals surface area contributed by atoms with Gasteiger partial charge in [0.2, 0.25) is 10.0 Å². The van der Waals surface area contributed by atoms with Gasteiger partial charge >= 0.3 is 0 Å². The van der Waals surface area contributed by atoms with Crippen LogP contribution in [0.25, 0.3) is 0 Å². The third-order valence-corrected chi connectivity index (χ3v) is 5.23. The van der Waals surface area contributed by atoms with E-state index < -0.39 is 10.0 Å². The molecule has 0 unspecified atom stereocenters. The monoisotopic (exact) mass is 326 g/mol. The van der Waals surface area contributed by atoms with Crippen LogP contribution in [0.5, 0.6) is 0 Å². The van der Waals surface area contributed by atoms with Gasteiger partial charge in [-0.1, -0.05) is 0 Å². The van der Waals surface area contributed by atoms with Crippen molar-refractivity contribution in [2.75, 3.05) is 26.7 Å². The third-order valence-electron chi connectivity index (χ3n) is 3.80. The molecule has 22 heavy (non-hydrogen) atoms. The van der Waals surface area contributed by atoms with Crippen LogP contribution in [0.1, 0.15) is 30.1 Å². The van der Waals surface area contributed by atoms with Crippen molar-refractivity contribution in [2.45, 2.75) is 30.8 Å². The van der Waals surface area contributed by atoms with Gasteiger partial charge in [0, 0.05) is 25.3 Å². The molecule has 1 N–H and O–H groups in total. The summed E-state index contributed by atoms with van der Waals surface area (Å²) >= 11 is 0. The topological polar surface area (TPSA) is 75.7 Å². The number of hydrogen-bond donors (Lipinski definition) is 1. The van der Waals surface area contributed by atoms with Gasteiger partial charge in [-0.2, -0.15) is 0 Å². The van der Waals surface area contributed by atoms with E-state index in [1.807, 2.05) is 6.92 Å². The Morgan fingerprint density at radius 2 is 2.05 bits per heavy atom. The molecule has 0 spiro atoms. The first kappa shape index (κ1) is 16.9. The molecule has 2 rings (SSSR count). The van der Waals surface area contributed by atoms with Gasteiger partial charge in [-0.05, 0) is 51.1 Å². The molecule has 1 fully saturated rings. The van der Waals surface area contributed by atoms with Crippen LogP contribution in [0.3, 0.4) is 0 Å². The summed E-state index contributed by atoms with van der Waals surface area (Å²) in [5.41, 5.74) is 0.481. The molecule has 1 aromatic rings. The molecule has 1 amide bonds. The molecule has 1 aliphatic heterocycles. The van der Waals surface area contributed by atoms with Crippen molar-refractivity contribution in [3.05, 3.63) is 29.8 Å². The number of likely N-dealkylation sites (N-methyl/N-ethyl adjacent to an activating group) is 1. The molecule has 122 valence electrons. The second-order valence-electron chi connectivity index (χ2n) is 5.21. The number of hydrogen-bond acceptors (Lipinski definition) is 4. The van der Waals surface area contributed by atoms with Crippen molar-refractivity contribution in [1.82, 2.24) is 9.62 Å². The fourth-order valence-corrected chi connectivity index (χ4v) is 3.20. The lowest BCUT2D eigenvalue weighted by molar-refractivity contribution is 0.0539. The van der Waals surface area contributed by atoms with Crippen LogP contribution in [0.2, 0.25) is 0 Å². The molecule has 1 aromatic carbocycles. The number of rotatable bonds is 6. The lowest BCUT2D eigenvalue weighted by Gasteiger charge is -2.24. The van der Waals surface area contributed by atoms with Gasteiger partial charge in [-0.15, -0.1) is 0 Å². The molecule has 1 aliphatic rings. The maximum Gasteiger partial charge on any atom is 0.253 e. The van der Waals surface area contributed by atoms with Crippen LogP contribution in [0, 0.1) is 0 Å². The lowest BCUT2D eigenvalue weighted by atomic mass is 10.1. The van der Waals surface area contributed by atoms with E-state index in [1.54, 1.807) is 17.0 Å². The number of carbonyl (C=O) groups excluding carboxylic acids is 1. The summed E-state index contributed by atoms with van der Waals surface area (Å²) in [6, 6.07) is 5.98. The first-order valence-electron chi connectivity index (χ1n) is 7.42. The van der Waals surface area contributed by atoms with Gasteiger partial charge in [0.15, 0.2) is 0 Å². The standard InChI is InChI=1S/C15H22N2O4S/c1-3-17(11-13-5-4-10-21-13)15(18)12-6-8-14(9-7-12)22(19,20)16-2/h6-9,13,16H,3-5,10-11H2,1-2H3/t13-/m0/s1. The first-order valence-corrected chi connectivity index (χ1v) is 8.90. The van der Waals surface area contributed by atoms with Crippen LogP contribution in [0.15, 0.2) is 29.2 Å². The molecular formula is C15H22N2O4S. The molecular weight excluding hydrogens is 304 g/mol. The van der Waals surface area contributed by atoms with Crippen LogP contribution >= 0.6 is 0 Å². The van der Waals surface area contributed by atoms with Gasteiger partial charge in [-0.25, -0.2) is 13.1 Å². The summed E-state index contributed by atoms with van der Waals surface area (Å²) in [5.74, 6) is -0.105. The minimum absolute atomic E-state index is 0.104. The van der Waals surface area contributed by atoms with Gasteiger partial charge in [-0.3, -0.25) is 4.79 Å². The molecule has 0 aromatic heterocycles. The second-order valence-corrected chi connectivity index (χ2v) is 7.10. The van der Waals surface area contributed by atoms with Gasteiger partial charge in [0.25, 0.3) is 5.91 Å². The molecule has 0 bridgehead atoms. The van der Waals surface area contributed by atoms with E-state index in [-0.39, 0.29) is 16.9 Å². The minimum Gasteiger partial charge on any atom is -0.376 e. The molecule has 1 saturated heterocycles. The van der Waals surface area contributed by atoms with Crippen molar-refractivity contribution in [3.8, 4) is 0 Å². The number of amides is 1. The van der Waals surface area contributed by atoms with E-state index in [4.69, 9.17) is 4.74 Å². The molecule has 1 heterocycles. The zero-order chi connectivity index (χ0) is 16.2. The Kier molecular flexibility index (Phi) is 5.55. The lowest BCUT2D eigenvalue weighted by Crippen LogP contribution is -2.37. The summed E-state index contributed by atoms with van der Waals surface area (Å²) < 4.78 is 31.2. The van der Waals surface area contributed by atoms with E-state index in [2.05, 4.69) is 4.72 Å². The average molecular weight is 326 g/mol. The van der Waals surface area contributed by atoms with E-state index in [1.165, 1.54) is 19.2 Å². The number of benzene rings is 1. The highest BCUT2D eigenvalue weighted by Crippen LogP contribution is 2.16. The highest BCUT2D eigenvalue weighted by atomic mass is 32.2. The minimum atomic E-state index is -3.48. The second kappa shape index (κ2) is 7.21. The third kappa shape index (κ3) is 3.85. The van der Waals surface area contributed by atoms with Crippen LogP contribution in [0.4, 0.5) is 0 Å². The van der Waals surface area contributed by atoms with E-state index in [0.29, 0.717) is 18.7 Å². The van der Waals surface area contributed by atoms with Crippen molar-refractivity contribution in [3.63, 3.8) is 0 Å². The van der Waals surface area contributed by atoms with Crippen LogP contribution in [-0.2, 0) is 14.8 Å². The average Bonchev–Trinajstić information content (AvgIpc) is 3.05. The van der Waals surface area contributed by atoms with Crippen molar-refractivity contribution < 1.29 is 17.9 Å². The van der Waals surface area contributed by atoms with Crippen molar-refractivity contribution in [1.29, 1.82) is 0 Å². The molecule has 1 atom stereocenters. The molecule has 0 saturated carbocycles. The van der Waals surface area contributed by atoms with E-state index in [9.17, 15) is 13.2 Å². The summed E-state index contributed by atoms with van der Waals surface area (Å²) in [5, 5.41) is 0. The Balaban J connectivity index is 2.10.